The van der Waals surface area contributed by atoms with Gasteiger partial charge in [-0.3, -0.25) is 4.79 Å². The van der Waals surface area contributed by atoms with E-state index in [4.69, 9.17) is 4.74 Å². The van der Waals surface area contributed by atoms with Crippen molar-refractivity contribution in [2.24, 2.45) is 0 Å². The van der Waals surface area contributed by atoms with Crippen LogP contribution in [0.3, 0.4) is 0 Å². The average Bonchev–Trinajstić information content (AvgIpc) is 2.55. The summed E-state index contributed by atoms with van der Waals surface area (Å²) in [5, 5.41) is 6.32. The number of benzene rings is 2. The Hall–Kier alpha value is -2.04. The molecule has 0 aliphatic carbocycles. The van der Waals surface area contributed by atoms with Crippen LogP contribution in [0.15, 0.2) is 42.5 Å². The number of fused-ring (bicyclic) bond motifs is 1. The van der Waals surface area contributed by atoms with Gasteiger partial charge in [-0.05, 0) is 53.9 Å². The molecule has 0 spiro atoms. The van der Waals surface area contributed by atoms with Crippen LogP contribution in [0, 0.1) is 0 Å². The van der Waals surface area contributed by atoms with E-state index in [9.17, 15) is 4.79 Å². The van der Waals surface area contributed by atoms with E-state index in [1.54, 1.807) is 7.11 Å². The third-order valence-corrected chi connectivity index (χ3v) is 3.90. The molecule has 0 saturated carbocycles. The molecule has 1 heterocycles. The zero-order valence-corrected chi connectivity index (χ0v) is 13.9. The van der Waals surface area contributed by atoms with Crippen molar-refractivity contribution in [1.82, 2.24) is 5.32 Å². The maximum absolute atomic E-state index is 12.1. The van der Waals surface area contributed by atoms with Crippen LogP contribution in [0.4, 0.5) is 5.69 Å². The van der Waals surface area contributed by atoms with Gasteiger partial charge in [-0.25, -0.2) is 0 Å². The lowest BCUT2D eigenvalue weighted by molar-refractivity contribution is -0.115. The fraction of sp³-hybridized carbons (Fsp3) is 0.278. The summed E-state index contributed by atoms with van der Waals surface area (Å²) in [6, 6.07) is 13.7. The van der Waals surface area contributed by atoms with E-state index in [1.165, 1.54) is 11.1 Å². The number of halogens is 1. The second-order valence-corrected chi connectivity index (χ2v) is 5.48. The molecular formula is C18H21ClN2O2. The van der Waals surface area contributed by atoms with Crippen LogP contribution in [-0.2, 0) is 24.2 Å². The summed E-state index contributed by atoms with van der Waals surface area (Å²) in [5.41, 5.74) is 4.47. The first kappa shape index (κ1) is 17.3. The summed E-state index contributed by atoms with van der Waals surface area (Å²) in [6.07, 6.45) is 1.41. The number of rotatable bonds is 4. The van der Waals surface area contributed by atoms with Gasteiger partial charge >= 0.3 is 0 Å². The van der Waals surface area contributed by atoms with Gasteiger partial charge in [-0.15, -0.1) is 12.4 Å². The number of carbonyl (C=O) groups excluding carboxylic acids is 1. The van der Waals surface area contributed by atoms with Crippen LogP contribution in [0.5, 0.6) is 5.75 Å². The lowest BCUT2D eigenvalue weighted by Gasteiger charge is -2.18. The Balaban J connectivity index is 0.00000192. The molecule has 0 saturated heterocycles. The van der Waals surface area contributed by atoms with Gasteiger partial charge in [0.25, 0.3) is 0 Å². The Morgan fingerprint density at radius 2 is 1.96 bits per heavy atom. The van der Waals surface area contributed by atoms with E-state index in [0.29, 0.717) is 6.42 Å². The van der Waals surface area contributed by atoms with Gasteiger partial charge < -0.3 is 15.4 Å². The average molecular weight is 333 g/mol. The highest BCUT2D eigenvalue weighted by Gasteiger charge is 2.10. The third kappa shape index (κ3) is 4.47. The number of anilines is 1. The van der Waals surface area contributed by atoms with E-state index in [1.807, 2.05) is 30.3 Å². The maximum Gasteiger partial charge on any atom is 0.228 e. The van der Waals surface area contributed by atoms with Crippen LogP contribution >= 0.6 is 12.4 Å². The third-order valence-electron chi connectivity index (χ3n) is 3.90. The van der Waals surface area contributed by atoms with Crippen LogP contribution in [0.1, 0.15) is 16.7 Å². The topological polar surface area (TPSA) is 50.4 Å². The minimum atomic E-state index is -0.00566. The summed E-state index contributed by atoms with van der Waals surface area (Å²) >= 11 is 0. The van der Waals surface area contributed by atoms with Gasteiger partial charge in [-0.2, -0.15) is 0 Å². The van der Waals surface area contributed by atoms with Crippen molar-refractivity contribution in [1.29, 1.82) is 0 Å². The second kappa shape index (κ2) is 7.99. The van der Waals surface area contributed by atoms with E-state index >= 15 is 0 Å². The zero-order chi connectivity index (χ0) is 15.4. The largest absolute Gasteiger partial charge is 0.497 e. The highest BCUT2D eigenvalue weighted by Crippen LogP contribution is 2.19. The molecule has 0 atom stereocenters. The molecule has 2 aromatic rings. The highest BCUT2D eigenvalue weighted by atomic mass is 35.5. The normalized spacial score (nSPS) is 12.7. The molecule has 1 aliphatic heterocycles. The summed E-state index contributed by atoms with van der Waals surface area (Å²) in [6.45, 7) is 1.90. The number of nitrogens with one attached hydrogen (secondary N) is 2. The van der Waals surface area contributed by atoms with Crippen molar-refractivity contribution in [2.45, 2.75) is 19.4 Å². The standard InChI is InChI=1S/C18H20N2O2.ClH/c1-22-17-6-2-13(3-7-17)10-18(21)20-16-5-4-14-8-9-19-12-15(14)11-16;/h2-7,11,19H,8-10,12H2,1H3,(H,20,21);1H. The lowest BCUT2D eigenvalue weighted by Crippen LogP contribution is -2.24. The minimum absolute atomic E-state index is 0. The molecule has 0 fully saturated rings. The molecular weight excluding hydrogens is 312 g/mol. The van der Waals surface area contributed by atoms with Gasteiger partial charge in [0.1, 0.15) is 5.75 Å². The Morgan fingerprint density at radius 1 is 1.17 bits per heavy atom. The molecule has 23 heavy (non-hydrogen) atoms. The Labute approximate surface area is 142 Å². The van der Waals surface area contributed by atoms with Crippen molar-refractivity contribution >= 4 is 24.0 Å². The van der Waals surface area contributed by atoms with E-state index in [2.05, 4.69) is 22.8 Å². The Bertz CT molecular complexity index is 671. The molecule has 0 bridgehead atoms. The molecule has 0 unspecified atom stereocenters. The first-order valence-electron chi connectivity index (χ1n) is 7.50. The SMILES string of the molecule is COc1ccc(CC(=O)Nc2ccc3c(c2)CNCC3)cc1.Cl. The molecule has 3 rings (SSSR count). The second-order valence-electron chi connectivity index (χ2n) is 5.48. The molecule has 4 nitrogen and oxygen atoms in total. The number of hydrogen-bond acceptors (Lipinski definition) is 3. The van der Waals surface area contributed by atoms with E-state index in [-0.39, 0.29) is 18.3 Å². The van der Waals surface area contributed by atoms with Crippen LogP contribution < -0.4 is 15.4 Å². The van der Waals surface area contributed by atoms with Gasteiger partial charge in [0.2, 0.25) is 5.91 Å². The smallest absolute Gasteiger partial charge is 0.228 e. The van der Waals surface area contributed by atoms with Crippen molar-refractivity contribution in [3.63, 3.8) is 0 Å². The van der Waals surface area contributed by atoms with Gasteiger partial charge in [0.05, 0.1) is 13.5 Å². The van der Waals surface area contributed by atoms with Crippen molar-refractivity contribution in [2.75, 3.05) is 19.0 Å². The quantitative estimate of drug-likeness (QED) is 0.905. The summed E-state index contributed by atoms with van der Waals surface area (Å²) in [7, 11) is 1.63. The van der Waals surface area contributed by atoms with Crippen LogP contribution in [0.2, 0.25) is 0 Å². The fourth-order valence-electron chi connectivity index (χ4n) is 2.69. The van der Waals surface area contributed by atoms with E-state index in [0.717, 1.165) is 36.5 Å². The summed E-state index contributed by atoms with van der Waals surface area (Å²) in [5.74, 6) is 0.792. The lowest BCUT2D eigenvalue weighted by atomic mass is 10.0. The molecule has 1 aliphatic rings. The highest BCUT2D eigenvalue weighted by molar-refractivity contribution is 5.92. The summed E-state index contributed by atoms with van der Waals surface area (Å²) in [4.78, 5) is 12.1. The number of methoxy groups -OCH3 is 1. The summed E-state index contributed by atoms with van der Waals surface area (Å²) < 4.78 is 5.12. The predicted octanol–water partition coefficient (Wildman–Crippen LogP) is 2.94. The molecule has 1 amide bonds. The molecule has 0 radical (unpaired) electrons. The Kier molecular flexibility index (Phi) is 6.02. The number of hydrogen-bond donors (Lipinski definition) is 2. The van der Waals surface area contributed by atoms with Crippen molar-refractivity contribution in [3.8, 4) is 5.75 Å². The monoisotopic (exact) mass is 332 g/mol. The van der Waals surface area contributed by atoms with E-state index < -0.39 is 0 Å². The fourth-order valence-corrected chi connectivity index (χ4v) is 2.69. The first-order valence-corrected chi connectivity index (χ1v) is 7.50. The van der Waals surface area contributed by atoms with Crippen molar-refractivity contribution < 1.29 is 9.53 Å². The number of amides is 1. The predicted molar refractivity (Wildman–Crippen MR) is 94.4 cm³/mol. The molecule has 5 heteroatoms. The minimum Gasteiger partial charge on any atom is -0.497 e. The maximum atomic E-state index is 12.1. The van der Waals surface area contributed by atoms with Gasteiger partial charge in [0, 0.05) is 12.2 Å². The Morgan fingerprint density at radius 3 is 2.70 bits per heavy atom. The molecule has 122 valence electrons. The van der Waals surface area contributed by atoms with Crippen LogP contribution in [0.25, 0.3) is 0 Å². The van der Waals surface area contributed by atoms with Gasteiger partial charge in [-0.1, -0.05) is 18.2 Å². The van der Waals surface area contributed by atoms with Crippen LogP contribution in [-0.4, -0.2) is 19.6 Å². The van der Waals surface area contributed by atoms with Gasteiger partial charge in [0.15, 0.2) is 0 Å². The number of ether oxygens (including phenoxy) is 1. The number of carbonyl (C=O) groups is 1. The molecule has 0 aromatic heterocycles. The zero-order valence-electron chi connectivity index (χ0n) is 13.1. The first-order chi connectivity index (χ1) is 10.7. The molecule has 2 N–H and O–H groups in total. The van der Waals surface area contributed by atoms with Crippen molar-refractivity contribution in [3.05, 3.63) is 59.2 Å². The molecule has 2 aromatic carbocycles.